The van der Waals surface area contributed by atoms with Gasteiger partial charge in [0, 0.05) is 10.6 Å². The minimum atomic E-state index is -0.951. The van der Waals surface area contributed by atoms with Gasteiger partial charge in [0.25, 0.3) is 0 Å². The lowest BCUT2D eigenvalue weighted by Crippen LogP contribution is -2.41. The van der Waals surface area contributed by atoms with Crippen molar-refractivity contribution in [2.24, 2.45) is 5.29 Å². The Morgan fingerprint density at radius 1 is 1.08 bits per heavy atom. The van der Waals surface area contributed by atoms with Crippen molar-refractivity contribution in [2.45, 2.75) is 32.5 Å². The van der Waals surface area contributed by atoms with E-state index in [9.17, 15) is 9.70 Å². The number of carbonyl (C=O) groups excluding carboxylic acids is 1. The highest BCUT2D eigenvalue weighted by atomic mass is 35.5. The molecule has 0 radical (unpaired) electrons. The summed E-state index contributed by atoms with van der Waals surface area (Å²) < 4.78 is 5.59. The van der Waals surface area contributed by atoms with Crippen LogP contribution in [-0.4, -0.2) is 16.5 Å². The van der Waals surface area contributed by atoms with Crippen molar-refractivity contribution in [1.29, 1.82) is 0 Å². The van der Waals surface area contributed by atoms with Gasteiger partial charge in [0.05, 0.1) is 16.4 Å². The Morgan fingerprint density at radius 2 is 1.67 bits per heavy atom. The van der Waals surface area contributed by atoms with Gasteiger partial charge in [-0.1, -0.05) is 41.9 Å². The Bertz CT molecular complexity index is 696. The Balaban J connectivity index is 2.37. The van der Waals surface area contributed by atoms with Crippen LogP contribution in [0.4, 0.5) is 0 Å². The summed E-state index contributed by atoms with van der Waals surface area (Å²) in [5.41, 5.74) is 0.373. The Labute approximate surface area is 146 Å². The van der Waals surface area contributed by atoms with Crippen LogP contribution in [0.15, 0.2) is 59.9 Å². The van der Waals surface area contributed by atoms with Crippen molar-refractivity contribution >= 4 is 17.6 Å². The summed E-state index contributed by atoms with van der Waals surface area (Å²) in [4.78, 5) is 23.8. The number of rotatable bonds is 5. The fourth-order valence-electron chi connectivity index (χ4n) is 2.15. The van der Waals surface area contributed by atoms with Crippen LogP contribution in [0.1, 0.15) is 42.9 Å². The fourth-order valence-corrected chi connectivity index (χ4v) is 2.27. The molecule has 0 aliphatic heterocycles. The van der Waals surface area contributed by atoms with E-state index in [0.717, 1.165) is 0 Å². The van der Waals surface area contributed by atoms with Gasteiger partial charge in [-0.05, 0) is 45.0 Å². The zero-order valence-corrected chi connectivity index (χ0v) is 14.5. The summed E-state index contributed by atoms with van der Waals surface area (Å²) in [5, 5.41) is 4.85. The van der Waals surface area contributed by atoms with E-state index in [1.54, 1.807) is 48.5 Å². The summed E-state index contributed by atoms with van der Waals surface area (Å²) in [5.74, 6) is -0.534. The number of ether oxygens (including phenoxy) is 1. The fraction of sp³-hybridized carbons (Fsp3) is 0.278. The van der Waals surface area contributed by atoms with E-state index in [0.29, 0.717) is 16.1 Å². The van der Waals surface area contributed by atoms with Gasteiger partial charge < -0.3 is 4.74 Å². The molecule has 1 atom stereocenters. The molecular formula is C18H19ClN2O3. The van der Waals surface area contributed by atoms with Crippen molar-refractivity contribution < 1.29 is 9.53 Å². The molecule has 0 aromatic heterocycles. The highest BCUT2D eigenvalue weighted by molar-refractivity contribution is 6.30. The van der Waals surface area contributed by atoms with Gasteiger partial charge in [0.2, 0.25) is 6.23 Å². The maximum Gasteiger partial charge on any atom is 0.340 e. The lowest BCUT2D eigenvalue weighted by atomic mass is 10.1. The van der Waals surface area contributed by atoms with E-state index in [4.69, 9.17) is 16.3 Å². The van der Waals surface area contributed by atoms with E-state index >= 15 is 0 Å². The first kappa shape index (κ1) is 17.9. The zero-order valence-electron chi connectivity index (χ0n) is 13.8. The lowest BCUT2D eigenvalue weighted by Gasteiger charge is -2.36. The third-order valence-corrected chi connectivity index (χ3v) is 3.63. The second kappa shape index (κ2) is 7.45. The van der Waals surface area contributed by atoms with E-state index in [-0.39, 0.29) is 0 Å². The van der Waals surface area contributed by atoms with Crippen molar-refractivity contribution in [3.63, 3.8) is 0 Å². The molecule has 0 aliphatic carbocycles. The molecule has 6 heteroatoms. The molecular weight excluding hydrogens is 328 g/mol. The van der Waals surface area contributed by atoms with Crippen LogP contribution in [0.25, 0.3) is 0 Å². The highest BCUT2D eigenvalue weighted by Gasteiger charge is 2.33. The third-order valence-electron chi connectivity index (χ3n) is 3.38. The molecule has 0 spiro atoms. The number of hydrogen-bond donors (Lipinski definition) is 0. The maximum atomic E-state index is 12.4. The van der Waals surface area contributed by atoms with Gasteiger partial charge >= 0.3 is 5.97 Å². The van der Waals surface area contributed by atoms with E-state index in [1.807, 2.05) is 26.8 Å². The molecule has 126 valence electrons. The minimum Gasteiger partial charge on any atom is -0.432 e. The SMILES string of the molecule is CC(C)(C)N(N=O)C(OC(=O)c1ccccc1)c1ccc(Cl)cc1. The maximum absolute atomic E-state index is 12.4. The Hall–Kier alpha value is -2.40. The first-order valence-electron chi connectivity index (χ1n) is 7.47. The van der Waals surface area contributed by atoms with E-state index in [1.165, 1.54) is 5.01 Å². The number of nitrogens with zero attached hydrogens (tertiary/aromatic N) is 2. The van der Waals surface area contributed by atoms with Gasteiger partial charge in [0.1, 0.15) is 0 Å². The van der Waals surface area contributed by atoms with E-state index < -0.39 is 17.7 Å². The molecule has 0 bridgehead atoms. The number of benzene rings is 2. The molecule has 2 aromatic rings. The number of nitroso groups, excluding NO2 is 1. The van der Waals surface area contributed by atoms with Crippen LogP contribution >= 0.6 is 11.6 Å². The van der Waals surface area contributed by atoms with Gasteiger partial charge in [-0.2, -0.15) is 0 Å². The minimum absolute atomic E-state index is 0.399. The molecule has 0 N–H and O–H groups in total. The number of carbonyl (C=O) groups is 1. The van der Waals surface area contributed by atoms with Crippen LogP contribution < -0.4 is 0 Å². The van der Waals surface area contributed by atoms with Gasteiger partial charge in [-0.3, -0.25) is 0 Å². The smallest absolute Gasteiger partial charge is 0.340 e. The summed E-state index contributed by atoms with van der Waals surface area (Å²) >= 11 is 5.91. The van der Waals surface area contributed by atoms with Crippen LogP contribution in [0.2, 0.25) is 5.02 Å². The molecule has 1 unspecified atom stereocenters. The third kappa shape index (κ3) is 4.32. The first-order chi connectivity index (χ1) is 11.3. The average molecular weight is 347 g/mol. The summed E-state index contributed by atoms with van der Waals surface area (Å²) in [7, 11) is 0. The highest BCUT2D eigenvalue weighted by Crippen LogP contribution is 2.31. The molecule has 0 fully saturated rings. The lowest BCUT2D eigenvalue weighted by molar-refractivity contribution is -0.0719. The van der Waals surface area contributed by atoms with Gasteiger partial charge in [-0.25, -0.2) is 9.80 Å². The Morgan fingerprint density at radius 3 is 2.17 bits per heavy atom. The van der Waals surface area contributed by atoms with Crippen LogP contribution in [0, 0.1) is 4.91 Å². The quantitative estimate of drug-likeness (QED) is 0.331. The largest absolute Gasteiger partial charge is 0.432 e. The number of halogens is 1. The molecule has 0 saturated carbocycles. The second-order valence-electron chi connectivity index (χ2n) is 6.27. The average Bonchev–Trinajstić information content (AvgIpc) is 2.55. The normalized spacial score (nSPS) is 12.3. The zero-order chi connectivity index (χ0) is 17.7. The molecule has 0 heterocycles. The van der Waals surface area contributed by atoms with Crippen LogP contribution in [0.3, 0.4) is 0 Å². The summed E-state index contributed by atoms with van der Waals surface area (Å²) in [6, 6.07) is 15.3. The second-order valence-corrected chi connectivity index (χ2v) is 6.71. The molecule has 2 aromatic carbocycles. The number of esters is 1. The van der Waals surface area contributed by atoms with Gasteiger partial charge in [-0.15, -0.1) is 4.91 Å². The van der Waals surface area contributed by atoms with Crippen molar-refractivity contribution in [3.8, 4) is 0 Å². The molecule has 0 saturated heterocycles. The van der Waals surface area contributed by atoms with Crippen LogP contribution in [0.5, 0.6) is 0 Å². The monoisotopic (exact) mass is 346 g/mol. The molecule has 0 aliphatic rings. The predicted octanol–water partition coefficient (Wildman–Crippen LogP) is 4.98. The van der Waals surface area contributed by atoms with Crippen molar-refractivity contribution in [2.75, 3.05) is 0 Å². The van der Waals surface area contributed by atoms with E-state index in [2.05, 4.69) is 5.29 Å². The summed E-state index contributed by atoms with van der Waals surface area (Å²) in [6.07, 6.45) is -0.951. The predicted molar refractivity (Wildman–Crippen MR) is 93.4 cm³/mol. The first-order valence-corrected chi connectivity index (χ1v) is 7.85. The summed E-state index contributed by atoms with van der Waals surface area (Å²) in [6.45, 7) is 5.44. The molecule has 2 rings (SSSR count). The molecule has 24 heavy (non-hydrogen) atoms. The van der Waals surface area contributed by atoms with Crippen molar-refractivity contribution in [3.05, 3.63) is 75.7 Å². The molecule has 5 nitrogen and oxygen atoms in total. The molecule has 0 amide bonds. The van der Waals surface area contributed by atoms with Crippen molar-refractivity contribution in [1.82, 2.24) is 5.01 Å². The number of hydrogen-bond acceptors (Lipinski definition) is 4. The topological polar surface area (TPSA) is 59.0 Å². The van der Waals surface area contributed by atoms with Crippen LogP contribution in [-0.2, 0) is 4.74 Å². The standard InChI is InChI=1S/C18H19ClN2O3/c1-18(2,3)21(20-23)16(13-9-11-15(19)12-10-13)24-17(22)14-7-5-4-6-8-14/h4-12,16H,1-3H3. The van der Waals surface area contributed by atoms with Gasteiger partial charge in [0.15, 0.2) is 0 Å². The Kier molecular flexibility index (Phi) is 5.57.